The second-order valence-corrected chi connectivity index (χ2v) is 4.44. The molecule has 0 saturated heterocycles. The molecular formula is C15H24O2. The van der Waals surface area contributed by atoms with Crippen LogP contribution in [0.5, 0.6) is 0 Å². The molecule has 0 bridgehead atoms. The van der Waals surface area contributed by atoms with Crippen molar-refractivity contribution in [1.82, 2.24) is 0 Å². The number of carbonyl (C=O) groups excluding carboxylic acids is 1. The largest absolute Gasteiger partial charge is 0.458 e. The summed E-state index contributed by atoms with van der Waals surface area (Å²) in [7, 11) is 0. The molecule has 0 unspecified atom stereocenters. The van der Waals surface area contributed by atoms with Crippen molar-refractivity contribution in [2.45, 2.75) is 47.5 Å². The van der Waals surface area contributed by atoms with E-state index in [0.29, 0.717) is 12.2 Å². The highest BCUT2D eigenvalue weighted by atomic mass is 16.5. The third-order valence-corrected chi connectivity index (χ3v) is 2.49. The van der Waals surface area contributed by atoms with E-state index in [-0.39, 0.29) is 5.97 Å². The van der Waals surface area contributed by atoms with Crippen LogP contribution in [0.3, 0.4) is 0 Å². The van der Waals surface area contributed by atoms with Gasteiger partial charge in [-0.05, 0) is 53.5 Å². The van der Waals surface area contributed by atoms with Gasteiger partial charge in [-0.2, -0.15) is 0 Å². The molecule has 0 rings (SSSR count). The lowest BCUT2D eigenvalue weighted by Gasteiger charge is -2.03. The van der Waals surface area contributed by atoms with Crippen molar-refractivity contribution in [1.29, 1.82) is 0 Å². The van der Waals surface area contributed by atoms with Crippen molar-refractivity contribution in [3.05, 3.63) is 34.9 Å². The number of hydrogen-bond donors (Lipinski definition) is 0. The van der Waals surface area contributed by atoms with Crippen LogP contribution in [0.2, 0.25) is 0 Å². The van der Waals surface area contributed by atoms with E-state index in [1.54, 1.807) is 13.0 Å². The van der Waals surface area contributed by atoms with Crippen LogP contribution in [0.1, 0.15) is 47.5 Å². The maximum absolute atomic E-state index is 11.3. The molecule has 0 fully saturated rings. The summed E-state index contributed by atoms with van der Waals surface area (Å²) in [5.41, 5.74) is 3.25. The summed E-state index contributed by atoms with van der Waals surface area (Å²) in [5.74, 6) is -0.235. The summed E-state index contributed by atoms with van der Waals surface area (Å²) >= 11 is 0. The molecule has 0 N–H and O–H groups in total. The number of ether oxygens (including phenoxy) is 1. The normalized spacial score (nSPS) is 12.3. The van der Waals surface area contributed by atoms with E-state index in [9.17, 15) is 4.79 Å². The Morgan fingerprint density at radius 2 is 1.76 bits per heavy atom. The Bertz CT molecular complexity index is 329. The van der Waals surface area contributed by atoms with Gasteiger partial charge in [-0.1, -0.05) is 23.3 Å². The monoisotopic (exact) mass is 236 g/mol. The Kier molecular flexibility index (Phi) is 8.12. The van der Waals surface area contributed by atoms with Crippen molar-refractivity contribution < 1.29 is 9.53 Å². The van der Waals surface area contributed by atoms with Crippen molar-refractivity contribution in [2.24, 2.45) is 0 Å². The van der Waals surface area contributed by atoms with Gasteiger partial charge in [0, 0.05) is 5.57 Å². The molecule has 0 radical (unpaired) electrons. The zero-order valence-corrected chi connectivity index (χ0v) is 11.7. The second-order valence-electron chi connectivity index (χ2n) is 4.44. The Hall–Kier alpha value is -1.31. The van der Waals surface area contributed by atoms with Crippen LogP contribution in [0.25, 0.3) is 0 Å². The minimum atomic E-state index is -0.235. The molecule has 2 heteroatoms. The first-order valence-corrected chi connectivity index (χ1v) is 6.06. The summed E-state index contributed by atoms with van der Waals surface area (Å²) < 4.78 is 5.09. The van der Waals surface area contributed by atoms with Gasteiger partial charge in [-0.25, -0.2) is 4.79 Å². The quantitative estimate of drug-likeness (QED) is 0.393. The lowest BCUT2D eigenvalue weighted by atomic mass is 10.1. The highest BCUT2D eigenvalue weighted by Gasteiger charge is 2.02. The van der Waals surface area contributed by atoms with E-state index in [4.69, 9.17) is 4.74 Å². The zero-order valence-electron chi connectivity index (χ0n) is 11.7. The summed E-state index contributed by atoms with van der Waals surface area (Å²) in [6.45, 7) is 10.2. The minimum Gasteiger partial charge on any atom is -0.458 e. The van der Waals surface area contributed by atoms with Gasteiger partial charge >= 0.3 is 5.97 Å². The van der Waals surface area contributed by atoms with E-state index < -0.39 is 0 Å². The smallest absolute Gasteiger partial charge is 0.333 e. The highest BCUT2D eigenvalue weighted by molar-refractivity contribution is 5.87. The van der Waals surface area contributed by atoms with E-state index in [1.807, 2.05) is 13.0 Å². The fourth-order valence-corrected chi connectivity index (χ4v) is 1.18. The SMILES string of the molecule is C/C=C(/C)C(=O)OC/C=C(/C)CCC=C(C)C. The first-order valence-electron chi connectivity index (χ1n) is 6.06. The molecule has 0 spiro atoms. The first-order chi connectivity index (χ1) is 7.97. The van der Waals surface area contributed by atoms with Crippen LogP contribution in [0.15, 0.2) is 34.9 Å². The standard InChI is InChI=1S/C15H24O2/c1-6-14(5)15(16)17-11-10-13(4)9-7-8-12(2)3/h6,8,10H,7,9,11H2,1-5H3/b13-10-,14-6-. The van der Waals surface area contributed by atoms with Gasteiger partial charge in [0.05, 0.1) is 0 Å². The van der Waals surface area contributed by atoms with Crippen LogP contribution < -0.4 is 0 Å². The van der Waals surface area contributed by atoms with E-state index in [1.165, 1.54) is 11.1 Å². The van der Waals surface area contributed by atoms with Gasteiger partial charge in [0.25, 0.3) is 0 Å². The number of hydrogen-bond acceptors (Lipinski definition) is 2. The Labute approximate surface area is 105 Å². The molecular weight excluding hydrogens is 212 g/mol. The van der Waals surface area contributed by atoms with Gasteiger partial charge < -0.3 is 4.74 Å². The number of carbonyl (C=O) groups is 1. The van der Waals surface area contributed by atoms with Crippen molar-refractivity contribution in [3.63, 3.8) is 0 Å². The van der Waals surface area contributed by atoms with Crippen LogP contribution >= 0.6 is 0 Å². The maximum atomic E-state index is 11.3. The average molecular weight is 236 g/mol. The number of allylic oxidation sites excluding steroid dienone is 4. The fourth-order valence-electron chi connectivity index (χ4n) is 1.18. The average Bonchev–Trinajstić information content (AvgIpc) is 2.27. The third kappa shape index (κ3) is 8.49. The Balaban J connectivity index is 3.92. The molecule has 0 amide bonds. The molecule has 0 aliphatic carbocycles. The van der Waals surface area contributed by atoms with Gasteiger partial charge in [0.15, 0.2) is 0 Å². The summed E-state index contributed by atoms with van der Waals surface area (Å²) in [6, 6.07) is 0. The van der Waals surface area contributed by atoms with Crippen LogP contribution in [0.4, 0.5) is 0 Å². The predicted molar refractivity (Wildman–Crippen MR) is 72.8 cm³/mol. The minimum absolute atomic E-state index is 0.235. The number of esters is 1. The molecule has 2 nitrogen and oxygen atoms in total. The molecule has 0 aliphatic rings. The summed E-state index contributed by atoms with van der Waals surface area (Å²) in [5, 5.41) is 0. The van der Waals surface area contributed by atoms with Crippen molar-refractivity contribution >= 4 is 5.97 Å². The van der Waals surface area contributed by atoms with Gasteiger partial charge in [-0.15, -0.1) is 0 Å². The van der Waals surface area contributed by atoms with Crippen molar-refractivity contribution in [3.8, 4) is 0 Å². The topological polar surface area (TPSA) is 26.3 Å². The lowest BCUT2D eigenvalue weighted by molar-refractivity contribution is -0.137. The van der Waals surface area contributed by atoms with E-state index in [0.717, 1.165) is 12.8 Å². The van der Waals surface area contributed by atoms with Gasteiger partial charge in [0.1, 0.15) is 6.61 Å². The third-order valence-electron chi connectivity index (χ3n) is 2.49. The van der Waals surface area contributed by atoms with E-state index in [2.05, 4.69) is 26.8 Å². The second kappa shape index (κ2) is 8.80. The molecule has 0 atom stereocenters. The van der Waals surface area contributed by atoms with Crippen LogP contribution in [-0.4, -0.2) is 12.6 Å². The molecule has 0 aromatic rings. The highest BCUT2D eigenvalue weighted by Crippen LogP contribution is 2.06. The van der Waals surface area contributed by atoms with E-state index >= 15 is 0 Å². The molecule has 0 aromatic heterocycles. The molecule has 0 aliphatic heterocycles. The maximum Gasteiger partial charge on any atom is 0.333 e. The summed E-state index contributed by atoms with van der Waals surface area (Å²) in [4.78, 5) is 11.3. The first kappa shape index (κ1) is 15.7. The Morgan fingerprint density at radius 3 is 2.29 bits per heavy atom. The fraction of sp³-hybridized carbons (Fsp3) is 0.533. The van der Waals surface area contributed by atoms with Gasteiger partial charge in [-0.3, -0.25) is 0 Å². The molecule has 0 heterocycles. The summed E-state index contributed by atoms with van der Waals surface area (Å²) in [6.07, 6.45) is 8.01. The predicted octanol–water partition coefficient (Wildman–Crippen LogP) is 4.19. The zero-order chi connectivity index (χ0) is 13.3. The van der Waals surface area contributed by atoms with Crippen LogP contribution in [-0.2, 0) is 9.53 Å². The molecule has 0 aromatic carbocycles. The molecule has 96 valence electrons. The Morgan fingerprint density at radius 1 is 1.12 bits per heavy atom. The van der Waals surface area contributed by atoms with Crippen molar-refractivity contribution in [2.75, 3.05) is 6.61 Å². The molecule has 17 heavy (non-hydrogen) atoms. The lowest BCUT2D eigenvalue weighted by Crippen LogP contribution is -2.05. The van der Waals surface area contributed by atoms with Crippen LogP contribution in [0, 0.1) is 0 Å². The number of rotatable bonds is 6. The van der Waals surface area contributed by atoms with Gasteiger partial charge in [0.2, 0.25) is 0 Å². The molecule has 0 saturated carbocycles.